The third-order valence-corrected chi connectivity index (χ3v) is 2.69. The van der Waals surface area contributed by atoms with E-state index in [1.165, 1.54) is 0 Å². The van der Waals surface area contributed by atoms with Crippen molar-refractivity contribution in [3.05, 3.63) is 11.6 Å². The lowest BCUT2D eigenvalue weighted by Gasteiger charge is -2.24. The molecule has 86 valence electrons. The largest absolute Gasteiger partial charge is 0.371 e. The van der Waals surface area contributed by atoms with Crippen LogP contribution in [0.15, 0.2) is 0 Å². The minimum atomic E-state index is -0.443. The average Bonchev–Trinajstić information content (AvgIpc) is 2.61. The molecule has 0 N–H and O–H groups in total. The van der Waals surface area contributed by atoms with Crippen LogP contribution in [-0.4, -0.2) is 21.9 Å². The van der Waals surface area contributed by atoms with Gasteiger partial charge in [0.25, 0.3) is 0 Å². The molecule has 0 fully saturated rings. The summed E-state index contributed by atoms with van der Waals surface area (Å²) in [6.45, 7) is 8.09. The zero-order valence-corrected chi connectivity index (χ0v) is 10.7. The van der Waals surface area contributed by atoms with Gasteiger partial charge in [0, 0.05) is 13.2 Å². The van der Waals surface area contributed by atoms with Gasteiger partial charge in [-0.2, -0.15) is 0 Å². The van der Waals surface area contributed by atoms with Crippen molar-refractivity contribution in [2.45, 2.75) is 45.2 Å². The minimum Gasteiger partial charge on any atom is -0.371 e. The third kappa shape index (κ3) is 2.32. The Labute approximate surface area is 95.6 Å². The monoisotopic (exact) mass is 231 g/mol. The molecule has 0 bridgehead atoms. The molecule has 0 aliphatic carbocycles. The molecule has 1 heterocycles. The molecule has 1 rings (SSSR count). The molecule has 0 amide bonds. The van der Waals surface area contributed by atoms with Crippen molar-refractivity contribution in [3.63, 3.8) is 0 Å². The van der Waals surface area contributed by atoms with Gasteiger partial charge in [0.2, 0.25) is 0 Å². The van der Waals surface area contributed by atoms with Gasteiger partial charge in [-0.1, -0.05) is 0 Å². The van der Waals surface area contributed by atoms with Gasteiger partial charge in [0.15, 0.2) is 5.82 Å². The fourth-order valence-electron chi connectivity index (χ4n) is 1.46. The van der Waals surface area contributed by atoms with Crippen LogP contribution in [0.2, 0.25) is 0 Å². The van der Waals surface area contributed by atoms with E-state index < -0.39 is 5.60 Å². The Balaban J connectivity index is 3.24. The Kier molecular flexibility index (Phi) is 3.73. The second-order valence-corrected chi connectivity index (χ2v) is 4.52. The molecule has 5 heteroatoms. The second kappa shape index (κ2) is 4.49. The summed E-state index contributed by atoms with van der Waals surface area (Å²) >= 11 is 5.82. The van der Waals surface area contributed by atoms with Crippen molar-refractivity contribution in [1.29, 1.82) is 0 Å². The maximum Gasteiger partial charge on any atom is 0.165 e. The van der Waals surface area contributed by atoms with Crippen molar-refractivity contribution in [1.82, 2.24) is 14.8 Å². The highest BCUT2D eigenvalue weighted by atomic mass is 35.5. The number of halogens is 1. The van der Waals surface area contributed by atoms with Gasteiger partial charge in [-0.3, -0.25) is 0 Å². The van der Waals surface area contributed by atoms with E-state index in [0.717, 1.165) is 11.6 Å². The Morgan fingerprint density at radius 1 is 1.40 bits per heavy atom. The smallest absolute Gasteiger partial charge is 0.165 e. The highest BCUT2D eigenvalue weighted by Gasteiger charge is 2.28. The lowest BCUT2D eigenvalue weighted by atomic mass is 10.1. The summed E-state index contributed by atoms with van der Waals surface area (Å²) in [7, 11) is 1.67. The summed E-state index contributed by atoms with van der Waals surface area (Å²) in [4.78, 5) is 0. The van der Waals surface area contributed by atoms with Gasteiger partial charge in [-0.25, -0.2) is 0 Å². The number of nitrogens with zero attached hydrogens (tertiary/aromatic N) is 3. The van der Waals surface area contributed by atoms with Crippen molar-refractivity contribution >= 4 is 11.6 Å². The topological polar surface area (TPSA) is 39.9 Å². The standard InChI is InChI=1S/C10H18ClN3O/c1-7(2)14-8(6-11)12-13-9(14)10(3,4)15-5/h7H,6H2,1-5H3. The van der Waals surface area contributed by atoms with Crippen LogP contribution in [0.3, 0.4) is 0 Å². The normalized spacial score (nSPS) is 12.5. The molecule has 0 aliphatic rings. The molecule has 0 radical (unpaired) electrons. The Bertz CT molecular complexity index is 333. The van der Waals surface area contributed by atoms with Crippen LogP contribution in [0.5, 0.6) is 0 Å². The van der Waals surface area contributed by atoms with Crippen LogP contribution in [0.25, 0.3) is 0 Å². The molecular formula is C10H18ClN3O. The Morgan fingerprint density at radius 2 is 2.00 bits per heavy atom. The maximum atomic E-state index is 5.82. The summed E-state index contributed by atoms with van der Waals surface area (Å²) in [5, 5.41) is 8.23. The predicted molar refractivity (Wildman–Crippen MR) is 60.0 cm³/mol. The second-order valence-electron chi connectivity index (χ2n) is 4.25. The number of aromatic nitrogens is 3. The molecule has 0 aromatic carbocycles. The van der Waals surface area contributed by atoms with Crippen LogP contribution >= 0.6 is 11.6 Å². The van der Waals surface area contributed by atoms with E-state index >= 15 is 0 Å². The van der Waals surface area contributed by atoms with Crippen LogP contribution in [0, 0.1) is 0 Å². The van der Waals surface area contributed by atoms with Crippen LogP contribution in [0.4, 0.5) is 0 Å². The number of methoxy groups -OCH3 is 1. The lowest BCUT2D eigenvalue weighted by Crippen LogP contribution is -2.26. The van der Waals surface area contributed by atoms with Gasteiger partial charge in [0.1, 0.15) is 11.4 Å². The molecule has 4 nitrogen and oxygen atoms in total. The molecular weight excluding hydrogens is 214 g/mol. The number of hydrogen-bond donors (Lipinski definition) is 0. The van der Waals surface area contributed by atoms with Crippen molar-refractivity contribution < 1.29 is 4.74 Å². The Morgan fingerprint density at radius 3 is 2.40 bits per heavy atom. The highest BCUT2D eigenvalue weighted by Crippen LogP contribution is 2.25. The SMILES string of the molecule is COC(C)(C)c1nnc(CCl)n1C(C)C. The quantitative estimate of drug-likeness (QED) is 0.748. The van der Waals surface area contributed by atoms with Gasteiger partial charge in [-0.05, 0) is 27.7 Å². The first-order chi connectivity index (χ1) is 6.94. The first kappa shape index (κ1) is 12.5. The fraction of sp³-hybridized carbons (Fsp3) is 0.800. The van der Waals surface area contributed by atoms with Crippen molar-refractivity contribution in [2.75, 3.05) is 7.11 Å². The fourth-order valence-corrected chi connectivity index (χ4v) is 1.64. The van der Waals surface area contributed by atoms with Crippen LogP contribution < -0.4 is 0 Å². The number of hydrogen-bond acceptors (Lipinski definition) is 3. The average molecular weight is 232 g/mol. The third-order valence-electron chi connectivity index (χ3n) is 2.45. The van der Waals surface area contributed by atoms with Crippen molar-refractivity contribution in [3.8, 4) is 0 Å². The molecule has 0 saturated heterocycles. The van der Waals surface area contributed by atoms with E-state index in [1.807, 2.05) is 18.4 Å². The summed E-state index contributed by atoms with van der Waals surface area (Å²) in [5.74, 6) is 1.97. The van der Waals surface area contributed by atoms with E-state index in [0.29, 0.717) is 5.88 Å². The highest BCUT2D eigenvalue weighted by molar-refractivity contribution is 6.16. The van der Waals surface area contributed by atoms with Crippen LogP contribution in [-0.2, 0) is 16.2 Å². The minimum absolute atomic E-state index is 0.276. The number of rotatable bonds is 4. The summed E-state index contributed by atoms with van der Waals surface area (Å²) in [6.07, 6.45) is 0. The van der Waals surface area contributed by atoms with E-state index in [9.17, 15) is 0 Å². The van der Waals surface area contributed by atoms with Gasteiger partial charge >= 0.3 is 0 Å². The first-order valence-electron chi connectivity index (χ1n) is 4.99. The lowest BCUT2D eigenvalue weighted by molar-refractivity contribution is 0.00734. The Hall–Kier alpha value is -0.610. The molecule has 0 spiro atoms. The van der Waals surface area contributed by atoms with E-state index in [1.54, 1.807) is 7.11 Å². The van der Waals surface area contributed by atoms with E-state index in [2.05, 4.69) is 24.0 Å². The van der Waals surface area contributed by atoms with E-state index in [4.69, 9.17) is 16.3 Å². The molecule has 0 aliphatic heterocycles. The van der Waals surface area contributed by atoms with Gasteiger partial charge in [0.05, 0.1) is 5.88 Å². The maximum absolute atomic E-state index is 5.82. The molecule has 0 atom stereocenters. The predicted octanol–water partition coefficient (Wildman–Crippen LogP) is 2.48. The first-order valence-corrected chi connectivity index (χ1v) is 5.53. The molecule has 1 aromatic rings. The molecule has 0 unspecified atom stereocenters. The summed E-state index contributed by atoms with van der Waals surface area (Å²) in [5.41, 5.74) is -0.443. The van der Waals surface area contributed by atoms with Gasteiger partial charge < -0.3 is 9.30 Å². The van der Waals surface area contributed by atoms with Crippen LogP contribution in [0.1, 0.15) is 45.4 Å². The zero-order chi connectivity index (χ0) is 11.6. The van der Waals surface area contributed by atoms with Crippen molar-refractivity contribution in [2.24, 2.45) is 0 Å². The molecule has 1 aromatic heterocycles. The number of ether oxygens (including phenoxy) is 1. The molecule has 15 heavy (non-hydrogen) atoms. The number of alkyl halides is 1. The summed E-state index contributed by atoms with van der Waals surface area (Å²) < 4.78 is 7.43. The molecule has 0 saturated carbocycles. The van der Waals surface area contributed by atoms with E-state index in [-0.39, 0.29) is 6.04 Å². The van der Waals surface area contributed by atoms with Gasteiger partial charge in [-0.15, -0.1) is 21.8 Å². The zero-order valence-electron chi connectivity index (χ0n) is 9.91. The summed E-state index contributed by atoms with van der Waals surface area (Å²) in [6, 6.07) is 0.276.